The Kier molecular flexibility index (Phi) is 29.6. The molecule has 0 spiro atoms. The van der Waals surface area contributed by atoms with E-state index in [2.05, 4.69) is 133 Å². The summed E-state index contributed by atoms with van der Waals surface area (Å²) in [7, 11) is 6.10. The first-order chi connectivity index (χ1) is 59.2. The van der Waals surface area contributed by atoms with Crippen LogP contribution in [0.1, 0.15) is 68.5 Å². The fourth-order valence-electron chi connectivity index (χ4n) is 13.6. The first-order valence-corrected chi connectivity index (χ1v) is 40.9. The number of hydrogen-bond donors (Lipinski definition) is 8. The summed E-state index contributed by atoms with van der Waals surface area (Å²) in [6, 6.07) is 61.4. The smallest absolute Gasteiger partial charge is 0.255 e. The zero-order valence-corrected chi connectivity index (χ0v) is 70.2. The normalized spacial score (nSPS) is 12.5. The second-order valence-electron chi connectivity index (χ2n) is 29.4. The van der Waals surface area contributed by atoms with Gasteiger partial charge in [0.2, 0.25) is 17.7 Å². The average molecular weight is 1690 g/mol. The number of nitrogens with one attached hydrogen (secondary N) is 8. The third-order valence-electron chi connectivity index (χ3n) is 20.1. The van der Waals surface area contributed by atoms with Gasteiger partial charge in [-0.05, 0) is 189 Å². The molecule has 8 N–H and O–H groups in total. The van der Waals surface area contributed by atoms with Crippen LogP contribution in [0.25, 0.3) is 56.1 Å². The van der Waals surface area contributed by atoms with Gasteiger partial charge in [0.25, 0.3) is 5.91 Å². The molecule has 0 atom stereocenters. The van der Waals surface area contributed by atoms with Gasteiger partial charge in [0.1, 0.15) is 29.1 Å². The largest absolute Gasteiger partial charge is 0.360 e. The maximum Gasteiger partial charge on any atom is 0.255 e. The predicted octanol–water partition coefficient (Wildman–Crippen LogP) is 17.5. The minimum Gasteiger partial charge on any atom is -0.360 e. The molecule has 0 aliphatic carbocycles. The van der Waals surface area contributed by atoms with Crippen molar-refractivity contribution in [1.29, 1.82) is 0 Å². The Balaban J connectivity index is 0.000000158. The first-order valence-electron chi connectivity index (χ1n) is 39.8. The lowest BCUT2D eigenvalue weighted by molar-refractivity contribution is -0.116. The summed E-state index contributed by atoms with van der Waals surface area (Å²) >= 11 is 19.6. The van der Waals surface area contributed by atoms with Crippen LogP contribution in [0.2, 0.25) is 15.1 Å². The molecule has 27 heteroatoms. The molecule has 7 aromatic carbocycles. The zero-order valence-electron chi connectivity index (χ0n) is 68.0. The van der Waals surface area contributed by atoms with E-state index >= 15 is 0 Å². The van der Waals surface area contributed by atoms with Crippen molar-refractivity contribution in [1.82, 2.24) is 60.0 Å². The fraction of sp³-hybridized carbons (Fsp3) is 0.179. The molecule has 13 aromatic rings. The number of fused-ring (bicyclic) bond motifs is 1. The number of benzene rings is 7. The summed E-state index contributed by atoms with van der Waals surface area (Å²) in [6.45, 7) is 23.7. The van der Waals surface area contributed by atoms with Gasteiger partial charge in [-0.15, -0.1) is 0 Å². The van der Waals surface area contributed by atoms with E-state index in [9.17, 15) is 19.2 Å². The van der Waals surface area contributed by atoms with E-state index in [0.717, 1.165) is 155 Å². The Morgan fingerprint density at radius 1 is 0.467 bits per heavy atom. The molecule has 0 bridgehead atoms. The van der Waals surface area contributed by atoms with Gasteiger partial charge in [0.15, 0.2) is 0 Å². The Hall–Kier alpha value is -13.6. The number of H-pyrrole nitrogens is 1. The van der Waals surface area contributed by atoms with Gasteiger partial charge in [-0.3, -0.25) is 19.2 Å². The van der Waals surface area contributed by atoms with Crippen LogP contribution in [-0.2, 0) is 33.6 Å². The maximum atomic E-state index is 12.8. The molecule has 24 nitrogen and oxygen atoms in total. The number of rotatable bonds is 28. The molecule has 0 saturated carbocycles. The van der Waals surface area contributed by atoms with Crippen molar-refractivity contribution >= 4 is 126 Å². The molecule has 2 fully saturated rings. The summed E-state index contributed by atoms with van der Waals surface area (Å²) in [5, 5.41) is 23.9. The molecule has 2 aliphatic heterocycles. The number of halogens is 3. The Morgan fingerprint density at radius 3 is 1.43 bits per heavy atom. The van der Waals surface area contributed by atoms with E-state index in [4.69, 9.17) is 49.8 Å². The number of pyridine rings is 2. The topological polar surface area (TPSA) is 284 Å². The second-order valence-corrected chi connectivity index (χ2v) is 30.6. The van der Waals surface area contributed by atoms with Crippen molar-refractivity contribution in [3.8, 4) is 33.8 Å². The lowest BCUT2D eigenvalue weighted by atomic mass is 10.1. The lowest BCUT2D eigenvalue weighted by Gasteiger charge is -2.33. The highest BCUT2D eigenvalue weighted by molar-refractivity contribution is 6.34. The fourth-order valence-corrected chi connectivity index (χ4v) is 14.2. The molecular formula is C95H93Cl3N20O4. The van der Waals surface area contributed by atoms with Crippen LogP contribution in [0, 0.1) is 0 Å². The number of nitrogens with zero attached hydrogens (tertiary/aromatic N) is 12. The Bertz CT molecular complexity index is 5900. The van der Waals surface area contributed by atoms with E-state index in [-0.39, 0.29) is 23.6 Å². The minimum absolute atomic E-state index is 0.0395. The SMILES string of the molecule is C=CC(=O)Nc1ccc(C(=C)Nc2cccc(Cc3ncc(Cl)c(-c4ccnc(N5CCN(C)CC5)c4)n3)c2)cc1.C=CC(=O)Nc1ccc(C(=C)Nc2cccc(Cc3ncc(Cl)c(-c4ccnc(N5CCNCC5)c4)n3)c2)cc1.CN(C)CCCC(=O)Nc1ccc(C(=O)Nc2ccc(Cc3ncc(Cl)c(-c4c[nH]c5ccccc45)n3)cc2)cc1. The number of piperazine rings is 2. The first kappa shape index (κ1) is 86.3. The number of hydrogen-bond acceptors (Lipinski definition) is 19. The molecule has 6 aromatic heterocycles. The highest BCUT2D eigenvalue weighted by Gasteiger charge is 2.21. The predicted molar refractivity (Wildman–Crippen MR) is 494 cm³/mol. The van der Waals surface area contributed by atoms with E-state index in [1.807, 2.05) is 183 Å². The zero-order chi connectivity index (χ0) is 85.4. The summed E-state index contributed by atoms with van der Waals surface area (Å²) in [5.41, 5.74) is 17.3. The number of likely N-dealkylation sites (N-methyl/N-ethyl adjacent to an activating group) is 1. The molecule has 2 saturated heterocycles. The van der Waals surface area contributed by atoms with Crippen LogP contribution in [0.15, 0.2) is 270 Å². The molecule has 0 radical (unpaired) electrons. The molecule has 122 heavy (non-hydrogen) atoms. The summed E-state index contributed by atoms with van der Waals surface area (Å²) < 4.78 is 0. The van der Waals surface area contributed by atoms with E-state index < -0.39 is 0 Å². The van der Waals surface area contributed by atoms with Crippen LogP contribution in [-0.4, -0.2) is 158 Å². The molecule has 2 aliphatic rings. The Morgan fingerprint density at radius 2 is 0.918 bits per heavy atom. The summed E-state index contributed by atoms with van der Waals surface area (Å²) in [6.07, 6.45) is 15.8. The molecular weight excluding hydrogens is 1590 g/mol. The highest BCUT2D eigenvalue weighted by Crippen LogP contribution is 2.35. The van der Waals surface area contributed by atoms with Crippen LogP contribution in [0.3, 0.4) is 0 Å². The molecule has 0 unspecified atom stereocenters. The van der Waals surface area contributed by atoms with Crippen molar-refractivity contribution in [2.75, 3.05) is 122 Å². The summed E-state index contributed by atoms with van der Waals surface area (Å²) in [5.74, 6) is 3.08. The van der Waals surface area contributed by atoms with Crippen LogP contribution >= 0.6 is 34.8 Å². The molecule has 618 valence electrons. The quantitative estimate of drug-likeness (QED) is 0.0212. The second kappa shape index (κ2) is 41.9. The van der Waals surface area contributed by atoms with Crippen molar-refractivity contribution < 1.29 is 19.2 Å². The number of aromatic nitrogens is 9. The van der Waals surface area contributed by atoms with E-state index in [0.29, 0.717) is 104 Å². The summed E-state index contributed by atoms with van der Waals surface area (Å²) in [4.78, 5) is 97.1. The van der Waals surface area contributed by atoms with Gasteiger partial charge in [0, 0.05) is 194 Å². The standard InChI is InChI=1S/C32H32ClN7O.C32H31ClN6O2.C31H30ClN7O/c1-4-31(41)37-26-10-8-24(9-11-26)22(2)36-27-7-5-6-23(18-27)19-29-35-21-28(33)32(38-29)25-12-13-34-30(20-25)40-16-14-39(3)15-17-40;1-39(2)17-5-8-30(40)36-23-15-11-22(12-16-23)32(41)37-24-13-9-21(10-14-24)18-29-35-20-27(33)31(38-29)26-19-34-28-7-4-3-6-25(26)28;1-3-30(40)37-25-9-7-23(8-10-25)21(2)36-26-6-4-5-22(17-26)18-28-35-20-27(32)31(38-28)24-11-12-34-29(19-24)39-15-13-33-14-16-39/h4-13,18,20-21,36H,1-2,14-17,19H2,3H3,(H,37,41);3-4,6-7,9-16,19-20,34H,5,8,17-18H2,1-2H3,(H,36,40)(H,37,41);3-12,17,19-20,33,36H,1-2,13-16,18H2,(H,37,40). The van der Waals surface area contributed by atoms with Gasteiger partial charge < -0.3 is 61.8 Å². The molecule has 15 rings (SSSR count). The molecule has 4 amide bonds. The maximum absolute atomic E-state index is 12.8. The van der Waals surface area contributed by atoms with Gasteiger partial charge in [0.05, 0.1) is 32.1 Å². The van der Waals surface area contributed by atoms with Gasteiger partial charge in [-0.2, -0.15) is 0 Å². The third-order valence-corrected chi connectivity index (χ3v) is 20.9. The van der Waals surface area contributed by atoms with E-state index in [1.54, 1.807) is 49.1 Å². The van der Waals surface area contributed by atoms with Crippen LogP contribution in [0.5, 0.6) is 0 Å². The molecule has 8 heterocycles. The third kappa shape index (κ3) is 24.1. The Labute approximate surface area is 724 Å². The monoisotopic (exact) mass is 1680 g/mol. The lowest BCUT2D eigenvalue weighted by Crippen LogP contribution is -2.44. The number of anilines is 8. The number of carbonyl (C=O) groups is 4. The number of carbonyl (C=O) groups excluding carboxylic acids is 4. The number of amides is 4. The van der Waals surface area contributed by atoms with Crippen molar-refractivity contribution in [3.63, 3.8) is 0 Å². The minimum atomic E-state index is -0.251. The highest BCUT2D eigenvalue weighted by atomic mass is 35.5. The van der Waals surface area contributed by atoms with Crippen LogP contribution in [0.4, 0.5) is 45.8 Å². The average Bonchev–Trinajstić information content (AvgIpc) is 1.60. The van der Waals surface area contributed by atoms with Gasteiger partial charge >= 0.3 is 0 Å². The number of para-hydroxylation sites is 1. The van der Waals surface area contributed by atoms with Crippen molar-refractivity contribution in [3.05, 3.63) is 336 Å². The van der Waals surface area contributed by atoms with Crippen molar-refractivity contribution in [2.45, 2.75) is 32.1 Å². The van der Waals surface area contributed by atoms with Gasteiger partial charge in [-0.25, -0.2) is 39.9 Å². The van der Waals surface area contributed by atoms with E-state index in [1.165, 1.54) is 12.2 Å². The number of aromatic amines is 1. The van der Waals surface area contributed by atoms with Crippen LogP contribution < -0.4 is 47.0 Å². The van der Waals surface area contributed by atoms with Gasteiger partial charge in [-0.1, -0.05) is 140 Å². The van der Waals surface area contributed by atoms with Crippen molar-refractivity contribution in [2.24, 2.45) is 0 Å².